The molecule has 2 N–H and O–H groups in total. The molecule has 0 saturated carbocycles. The van der Waals surface area contributed by atoms with E-state index in [1.807, 2.05) is 34.9 Å². The molecule has 2 aromatic heterocycles. The molecule has 4 rings (SSSR count). The van der Waals surface area contributed by atoms with Crippen LogP contribution in [0.4, 0.5) is 5.95 Å². The third kappa shape index (κ3) is 3.40. The smallest absolute Gasteiger partial charge is 0.332 e. The Kier molecular flexibility index (Phi) is 5.10. The molecule has 1 saturated heterocycles. The van der Waals surface area contributed by atoms with Gasteiger partial charge in [-0.05, 0) is 18.4 Å². The Hall–Kier alpha value is -3.13. The first-order valence-corrected chi connectivity index (χ1v) is 9.86. The van der Waals surface area contributed by atoms with E-state index in [2.05, 4.69) is 11.5 Å². The Balaban J connectivity index is 1.99. The van der Waals surface area contributed by atoms with E-state index >= 15 is 0 Å². The summed E-state index contributed by atoms with van der Waals surface area (Å²) in [4.78, 5) is 32.7. The van der Waals surface area contributed by atoms with Gasteiger partial charge in [0, 0.05) is 32.7 Å². The molecule has 0 bridgehead atoms. The molecule has 3 heterocycles. The van der Waals surface area contributed by atoms with Crippen LogP contribution in [0.3, 0.4) is 0 Å². The Morgan fingerprint density at radius 2 is 2.00 bits per heavy atom. The van der Waals surface area contributed by atoms with Crippen LogP contribution in [0.25, 0.3) is 11.2 Å². The van der Waals surface area contributed by atoms with Crippen molar-refractivity contribution in [3.8, 4) is 0 Å². The molecule has 29 heavy (non-hydrogen) atoms. The van der Waals surface area contributed by atoms with Crippen molar-refractivity contribution in [2.45, 2.75) is 32.0 Å². The number of nitrogens with two attached hydrogens (primary N) is 1. The van der Waals surface area contributed by atoms with Gasteiger partial charge in [0.25, 0.3) is 5.56 Å². The van der Waals surface area contributed by atoms with Crippen molar-refractivity contribution in [3.63, 3.8) is 0 Å². The number of nitrogens with zero attached hydrogens (tertiary/aromatic N) is 5. The van der Waals surface area contributed by atoms with Gasteiger partial charge in [-0.3, -0.25) is 18.5 Å². The van der Waals surface area contributed by atoms with Gasteiger partial charge in [0.05, 0.1) is 6.54 Å². The van der Waals surface area contributed by atoms with E-state index in [9.17, 15) is 9.59 Å². The summed E-state index contributed by atoms with van der Waals surface area (Å²) in [6.07, 6.45) is 3.57. The highest BCUT2D eigenvalue weighted by atomic mass is 16.2. The molecule has 0 spiro atoms. The van der Waals surface area contributed by atoms with Gasteiger partial charge in [-0.2, -0.15) is 4.98 Å². The summed E-state index contributed by atoms with van der Waals surface area (Å²) in [6, 6.07) is 9.99. The predicted octanol–water partition coefficient (Wildman–Crippen LogP) is 1.06. The zero-order valence-electron chi connectivity index (χ0n) is 16.6. The molecule has 0 radical (unpaired) electrons. The van der Waals surface area contributed by atoms with Crippen molar-refractivity contribution in [2.75, 3.05) is 18.0 Å². The molecule has 0 amide bonds. The highest BCUT2D eigenvalue weighted by Crippen LogP contribution is 2.24. The molecule has 0 aliphatic carbocycles. The number of benzene rings is 1. The van der Waals surface area contributed by atoms with Crippen LogP contribution in [0.5, 0.6) is 0 Å². The standard InChI is InChI=1S/C21H26N6O2/c1-3-11-26-18-17(19(28)24(2)21(26)29)27(13-15-8-5-4-6-9-15)20(23-18)25-12-7-10-16(22)14-25/h3-6,8-9,16H,1,7,10-14,22H2,2H3. The van der Waals surface area contributed by atoms with Gasteiger partial charge in [0.2, 0.25) is 5.95 Å². The fourth-order valence-electron chi connectivity index (χ4n) is 3.99. The van der Waals surface area contributed by atoms with Crippen molar-refractivity contribution in [1.29, 1.82) is 0 Å². The normalized spacial score (nSPS) is 17.0. The molecule has 1 unspecified atom stereocenters. The number of piperidine rings is 1. The third-order valence-corrected chi connectivity index (χ3v) is 5.45. The maximum absolute atomic E-state index is 13.1. The molecular formula is C21H26N6O2. The number of hydrogen-bond acceptors (Lipinski definition) is 5. The van der Waals surface area contributed by atoms with Crippen molar-refractivity contribution in [3.05, 3.63) is 69.4 Å². The van der Waals surface area contributed by atoms with Gasteiger partial charge in [0.15, 0.2) is 11.2 Å². The number of aromatic nitrogens is 4. The second kappa shape index (κ2) is 7.71. The van der Waals surface area contributed by atoms with Crippen LogP contribution in [0.1, 0.15) is 18.4 Å². The van der Waals surface area contributed by atoms with Crippen LogP contribution in [0.15, 0.2) is 52.6 Å². The number of allylic oxidation sites excluding steroid dienone is 1. The Labute approximate surface area is 168 Å². The summed E-state index contributed by atoms with van der Waals surface area (Å²) in [5.41, 5.74) is 7.33. The summed E-state index contributed by atoms with van der Waals surface area (Å²) < 4.78 is 4.56. The lowest BCUT2D eigenvalue weighted by Gasteiger charge is -2.31. The van der Waals surface area contributed by atoms with Gasteiger partial charge in [-0.1, -0.05) is 36.4 Å². The van der Waals surface area contributed by atoms with Crippen molar-refractivity contribution >= 4 is 17.1 Å². The molecule has 1 aromatic carbocycles. The Bertz CT molecular complexity index is 1160. The first-order chi connectivity index (χ1) is 14.0. The highest BCUT2D eigenvalue weighted by Gasteiger charge is 2.26. The molecule has 8 nitrogen and oxygen atoms in total. The lowest BCUT2D eigenvalue weighted by atomic mass is 10.1. The van der Waals surface area contributed by atoms with E-state index in [1.165, 1.54) is 11.6 Å². The molecule has 1 atom stereocenters. The summed E-state index contributed by atoms with van der Waals surface area (Å²) in [5, 5.41) is 0. The SMILES string of the molecule is C=CCn1c(=O)n(C)c(=O)c2c1nc(N1CCCC(N)C1)n2Cc1ccccc1. The molecule has 1 aliphatic heterocycles. The average Bonchev–Trinajstić information content (AvgIpc) is 3.09. The Morgan fingerprint density at radius 3 is 2.69 bits per heavy atom. The second-order valence-corrected chi connectivity index (χ2v) is 7.55. The minimum absolute atomic E-state index is 0.0620. The minimum atomic E-state index is -0.395. The lowest BCUT2D eigenvalue weighted by molar-refractivity contribution is 0.495. The zero-order chi connectivity index (χ0) is 20.5. The minimum Gasteiger partial charge on any atom is -0.341 e. The van der Waals surface area contributed by atoms with Crippen LogP contribution in [0.2, 0.25) is 0 Å². The monoisotopic (exact) mass is 394 g/mol. The van der Waals surface area contributed by atoms with Crippen molar-refractivity contribution in [2.24, 2.45) is 12.8 Å². The number of hydrogen-bond donors (Lipinski definition) is 1. The van der Waals surface area contributed by atoms with Crippen LogP contribution in [-0.4, -0.2) is 37.8 Å². The lowest BCUT2D eigenvalue weighted by Crippen LogP contribution is -2.44. The maximum Gasteiger partial charge on any atom is 0.332 e. The summed E-state index contributed by atoms with van der Waals surface area (Å²) in [5.74, 6) is 0.680. The first kappa shape index (κ1) is 19.2. The van der Waals surface area contributed by atoms with Crippen LogP contribution < -0.4 is 21.9 Å². The molecule has 3 aromatic rings. The molecule has 152 valence electrons. The number of imidazole rings is 1. The average molecular weight is 394 g/mol. The summed E-state index contributed by atoms with van der Waals surface area (Å²) >= 11 is 0. The predicted molar refractivity (Wildman–Crippen MR) is 114 cm³/mol. The van der Waals surface area contributed by atoms with Crippen LogP contribution >= 0.6 is 0 Å². The van der Waals surface area contributed by atoms with Crippen molar-refractivity contribution in [1.82, 2.24) is 18.7 Å². The molecule has 1 fully saturated rings. The largest absolute Gasteiger partial charge is 0.341 e. The fraction of sp³-hybridized carbons (Fsp3) is 0.381. The summed E-state index contributed by atoms with van der Waals surface area (Å²) in [6.45, 7) is 6.00. The van der Waals surface area contributed by atoms with Crippen molar-refractivity contribution < 1.29 is 0 Å². The number of fused-ring (bicyclic) bond motifs is 1. The van der Waals surface area contributed by atoms with Crippen LogP contribution in [-0.2, 0) is 20.1 Å². The Morgan fingerprint density at radius 1 is 1.24 bits per heavy atom. The quantitative estimate of drug-likeness (QED) is 0.654. The third-order valence-electron chi connectivity index (χ3n) is 5.45. The second-order valence-electron chi connectivity index (χ2n) is 7.55. The highest BCUT2D eigenvalue weighted by molar-refractivity contribution is 5.75. The molecule has 8 heteroatoms. The van der Waals surface area contributed by atoms with Gasteiger partial charge in [-0.25, -0.2) is 4.79 Å². The number of rotatable bonds is 5. The fourth-order valence-corrected chi connectivity index (χ4v) is 3.99. The number of anilines is 1. The molecule has 1 aliphatic rings. The summed E-state index contributed by atoms with van der Waals surface area (Å²) in [7, 11) is 1.50. The molecular weight excluding hydrogens is 368 g/mol. The maximum atomic E-state index is 13.1. The van der Waals surface area contributed by atoms with Gasteiger partial charge >= 0.3 is 5.69 Å². The van der Waals surface area contributed by atoms with E-state index in [0.717, 1.165) is 29.5 Å². The topological polar surface area (TPSA) is 91.1 Å². The zero-order valence-corrected chi connectivity index (χ0v) is 16.6. The van der Waals surface area contributed by atoms with E-state index in [0.29, 0.717) is 30.2 Å². The van der Waals surface area contributed by atoms with Crippen LogP contribution in [0, 0.1) is 0 Å². The van der Waals surface area contributed by atoms with E-state index in [-0.39, 0.29) is 18.1 Å². The van der Waals surface area contributed by atoms with E-state index in [4.69, 9.17) is 10.7 Å². The van der Waals surface area contributed by atoms with E-state index < -0.39 is 5.69 Å². The van der Waals surface area contributed by atoms with Gasteiger partial charge in [-0.15, -0.1) is 6.58 Å². The first-order valence-electron chi connectivity index (χ1n) is 9.86. The van der Waals surface area contributed by atoms with E-state index in [1.54, 1.807) is 6.08 Å². The van der Waals surface area contributed by atoms with Gasteiger partial charge < -0.3 is 10.6 Å². The van der Waals surface area contributed by atoms with Gasteiger partial charge in [0.1, 0.15) is 0 Å².